The van der Waals surface area contributed by atoms with E-state index in [1.807, 2.05) is 30.3 Å². The van der Waals surface area contributed by atoms with Crippen molar-refractivity contribution in [1.82, 2.24) is 10.6 Å². The lowest BCUT2D eigenvalue weighted by atomic mass is 10.0. The van der Waals surface area contributed by atoms with Gasteiger partial charge in [-0.05, 0) is 43.4 Å². The largest absolute Gasteiger partial charge is 0.422 e. The van der Waals surface area contributed by atoms with Crippen LogP contribution in [0.15, 0.2) is 69.9 Å². The Hall–Kier alpha value is -3.98. The summed E-state index contributed by atoms with van der Waals surface area (Å²) in [6, 6.07) is 16.1. The van der Waals surface area contributed by atoms with Crippen LogP contribution in [0, 0.1) is 0 Å². The lowest BCUT2D eigenvalue weighted by Crippen LogP contribution is -2.51. The molecule has 3 amide bonds. The van der Waals surface area contributed by atoms with Crippen molar-refractivity contribution in [2.45, 2.75) is 37.8 Å². The summed E-state index contributed by atoms with van der Waals surface area (Å²) in [7, 11) is 0. The van der Waals surface area contributed by atoms with E-state index in [-0.39, 0.29) is 12.1 Å². The second-order valence-corrected chi connectivity index (χ2v) is 8.00. The number of hydrogen-bond acceptors (Lipinski definition) is 6. The van der Waals surface area contributed by atoms with Gasteiger partial charge in [0, 0.05) is 11.9 Å². The molecule has 0 aliphatic rings. The number of benzene rings is 2. The minimum absolute atomic E-state index is 0.0756. The second-order valence-electron chi connectivity index (χ2n) is 8.00. The maximum absolute atomic E-state index is 12.4. The van der Waals surface area contributed by atoms with Crippen LogP contribution in [-0.4, -0.2) is 36.3 Å². The van der Waals surface area contributed by atoms with Gasteiger partial charge in [-0.15, -0.1) is 0 Å². The van der Waals surface area contributed by atoms with E-state index in [9.17, 15) is 19.2 Å². The fourth-order valence-corrected chi connectivity index (χ4v) is 3.52. The summed E-state index contributed by atoms with van der Waals surface area (Å²) in [5.41, 5.74) is 11.9. The van der Waals surface area contributed by atoms with Crippen LogP contribution in [0.25, 0.3) is 11.0 Å². The van der Waals surface area contributed by atoms with Crippen LogP contribution < -0.4 is 27.7 Å². The van der Waals surface area contributed by atoms with E-state index in [0.717, 1.165) is 5.56 Å². The molecule has 6 N–H and O–H groups in total. The maximum atomic E-state index is 12.4. The normalized spacial score (nSPS) is 12.6. The molecule has 1 heterocycles. The quantitative estimate of drug-likeness (QED) is 0.247. The number of hydrogen-bond donors (Lipinski definition) is 4. The molecule has 0 aliphatic heterocycles. The van der Waals surface area contributed by atoms with Gasteiger partial charge < -0.3 is 26.5 Å². The summed E-state index contributed by atoms with van der Waals surface area (Å²) < 4.78 is 5.17. The molecule has 0 saturated heterocycles. The van der Waals surface area contributed by atoms with E-state index in [0.29, 0.717) is 36.7 Å². The first-order chi connectivity index (χ1) is 16.3. The van der Waals surface area contributed by atoms with Crippen molar-refractivity contribution in [3.63, 3.8) is 0 Å². The van der Waals surface area contributed by atoms with Crippen molar-refractivity contribution in [2.24, 2.45) is 11.5 Å². The van der Waals surface area contributed by atoms with Gasteiger partial charge in [-0.25, -0.2) is 4.79 Å². The summed E-state index contributed by atoms with van der Waals surface area (Å²) in [6.07, 6.45) is 1.66. The smallest absolute Gasteiger partial charge is 0.349 e. The van der Waals surface area contributed by atoms with Crippen molar-refractivity contribution < 1.29 is 18.8 Å². The van der Waals surface area contributed by atoms with Crippen molar-refractivity contribution in [1.29, 1.82) is 0 Å². The zero-order valence-electron chi connectivity index (χ0n) is 18.7. The van der Waals surface area contributed by atoms with Crippen LogP contribution in [0.5, 0.6) is 0 Å². The first kappa shape index (κ1) is 24.7. The van der Waals surface area contributed by atoms with Crippen LogP contribution in [0.4, 0.5) is 0 Å². The summed E-state index contributed by atoms with van der Waals surface area (Å²) in [5.74, 6) is -1.65. The highest BCUT2D eigenvalue weighted by atomic mass is 16.4. The Balaban J connectivity index is 1.44. The number of primary amides is 1. The number of para-hydroxylation sites is 1. The topological polar surface area (TPSA) is 158 Å². The van der Waals surface area contributed by atoms with E-state index >= 15 is 0 Å². The molecule has 2 atom stereocenters. The van der Waals surface area contributed by atoms with Crippen molar-refractivity contribution >= 4 is 28.7 Å². The molecule has 0 saturated carbocycles. The first-order valence-corrected chi connectivity index (χ1v) is 11.1. The number of nitrogens with one attached hydrogen (secondary N) is 2. The molecule has 1 aromatic heterocycles. The molecule has 2 aromatic carbocycles. The van der Waals surface area contributed by atoms with Crippen LogP contribution in [-0.2, 0) is 16.0 Å². The van der Waals surface area contributed by atoms with Gasteiger partial charge in [-0.2, -0.15) is 0 Å². The van der Waals surface area contributed by atoms with Crippen LogP contribution >= 0.6 is 0 Å². The lowest BCUT2D eigenvalue weighted by molar-refractivity contribution is -0.128. The van der Waals surface area contributed by atoms with Gasteiger partial charge in [-0.1, -0.05) is 48.5 Å². The molecular weight excluding hydrogens is 436 g/mol. The minimum atomic E-state index is -0.863. The Labute approximate surface area is 196 Å². The van der Waals surface area contributed by atoms with Crippen molar-refractivity contribution in [3.8, 4) is 0 Å². The minimum Gasteiger partial charge on any atom is -0.422 e. The number of nitrogens with two attached hydrogens (primary N) is 2. The Bertz CT molecular complexity index is 1210. The zero-order valence-corrected chi connectivity index (χ0v) is 18.7. The third kappa shape index (κ3) is 6.76. The summed E-state index contributed by atoms with van der Waals surface area (Å²) >= 11 is 0. The molecule has 34 heavy (non-hydrogen) atoms. The summed E-state index contributed by atoms with van der Waals surface area (Å²) in [6.45, 7) is 0.276. The SMILES string of the molecule is NC(=O)C(CCCCNC(=O)c1cc2ccccc2oc1=O)NC(=O)C(N)Cc1ccccc1. The molecule has 0 radical (unpaired) electrons. The van der Waals surface area contributed by atoms with Gasteiger partial charge >= 0.3 is 5.63 Å². The number of carbonyl (C=O) groups is 3. The van der Waals surface area contributed by atoms with Crippen molar-refractivity contribution in [2.75, 3.05) is 6.54 Å². The Morgan fingerprint density at radius 1 is 0.971 bits per heavy atom. The number of rotatable bonds is 11. The average molecular weight is 465 g/mol. The molecule has 9 nitrogen and oxygen atoms in total. The third-order valence-electron chi connectivity index (χ3n) is 5.39. The highest BCUT2D eigenvalue weighted by Crippen LogP contribution is 2.12. The van der Waals surface area contributed by atoms with E-state index < -0.39 is 35.4 Å². The molecule has 3 rings (SSSR count). The molecule has 9 heteroatoms. The summed E-state index contributed by atoms with van der Waals surface area (Å²) in [4.78, 5) is 48.6. The molecule has 2 unspecified atom stereocenters. The molecule has 0 bridgehead atoms. The van der Waals surface area contributed by atoms with Gasteiger partial charge in [0.25, 0.3) is 5.91 Å². The van der Waals surface area contributed by atoms with Crippen LogP contribution in [0.3, 0.4) is 0 Å². The highest BCUT2D eigenvalue weighted by molar-refractivity contribution is 5.96. The highest BCUT2D eigenvalue weighted by Gasteiger charge is 2.22. The van der Waals surface area contributed by atoms with E-state index in [4.69, 9.17) is 15.9 Å². The van der Waals surface area contributed by atoms with Gasteiger partial charge in [0.15, 0.2) is 0 Å². The predicted octanol–water partition coefficient (Wildman–Crippen LogP) is 1.23. The van der Waals surface area contributed by atoms with Gasteiger partial charge in [0.2, 0.25) is 11.8 Å². The van der Waals surface area contributed by atoms with Crippen LogP contribution in [0.2, 0.25) is 0 Å². The number of amides is 3. The predicted molar refractivity (Wildman–Crippen MR) is 128 cm³/mol. The van der Waals surface area contributed by atoms with E-state index in [1.54, 1.807) is 24.3 Å². The Kier molecular flexibility index (Phi) is 8.53. The number of unbranched alkanes of at least 4 members (excludes halogenated alkanes) is 1. The van der Waals surface area contributed by atoms with Gasteiger partial charge in [0.05, 0.1) is 6.04 Å². The number of carbonyl (C=O) groups excluding carboxylic acids is 3. The second kappa shape index (κ2) is 11.8. The first-order valence-electron chi connectivity index (χ1n) is 11.1. The average Bonchev–Trinajstić information content (AvgIpc) is 2.82. The fraction of sp³-hybridized carbons (Fsp3) is 0.280. The number of fused-ring (bicyclic) bond motifs is 1. The zero-order chi connectivity index (χ0) is 24.5. The van der Waals surface area contributed by atoms with Gasteiger partial charge in [0.1, 0.15) is 17.2 Å². The third-order valence-corrected chi connectivity index (χ3v) is 5.39. The molecule has 0 aliphatic carbocycles. The Morgan fingerprint density at radius 3 is 2.41 bits per heavy atom. The molecular formula is C25H28N4O5. The molecule has 0 spiro atoms. The van der Waals surface area contributed by atoms with E-state index in [2.05, 4.69) is 10.6 Å². The monoisotopic (exact) mass is 464 g/mol. The van der Waals surface area contributed by atoms with Crippen LogP contribution in [0.1, 0.15) is 35.2 Å². The van der Waals surface area contributed by atoms with Gasteiger partial charge in [-0.3, -0.25) is 14.4 Å². The standard InChI is InChI=1S/C25H28N4O5/c26-19(14-16-8-2-1-3-9-16)24(32)29-20(22(27)30)11-6-7-13-28-23(31)18-15-17-10-4-5-12-21(17)34-25(18)33/h1-5,8-10,12,15,19-20H,6-7,11,13-14,26H2,(H2,27,30)(H,28,31)(H,29,32). The maximum Gasteiger partial charge on any atom is 0.349 e. The molecule has 3 aromatic rings. The molecule has 0 fully saturated rings. The van der Waals surface area contributed by atoms with E-state index in [1.165, 1.54) is 6.07 Å². The summed E-state index contributed by atoms with van der Waals surface area (Å²) in [5, 5.41) is 5.93. The lowest BCUT2D eigenvalue weighted by Gasteiger charge is -2.18. The fourth-order valence-electron chi connectivity index (χ4n) is 3.52. The Morgan fingerprint density at radius 2 is 1.68 bits per heavy atom. The molecule has 178 valence electrons. The van der Waals surface area contributed by atoms with Crippen molar-refractivity contribution in [3.05, 3.63) is 82.2 Å².